The molecule has 4 rings (SSSR count). The van der Waals surface area contributed by atoms with Crippen LogP contribution in [0.4, 0.5) is 5.69 Å². The highest BCUT2D eigenvalue weighted by molar-refractivity contribution is 7.93. The lowest BCUT2D eigenvalue weighted by atomic mass is 9.87. The van der Waals surface area contributed by atoms with Gasteiger partial charge in [-0.2, -0.15) is 0 Å². The number of rotatable bonds is 9. The predicted molar refractivity (Wildman–Crippen MR) is 146 cm³/mol. The van der Waals surface area contributed by atoms with Crippen molar-refractivity contribution in [1.82, 2.24) is 0 Å². The summed E-state index contributed by atoms with van der Waals surface area (Å²) in [6.07, 6.45) is 2.82. The van der Waals surface area contributed by atoms with Gasteiger partial charge in [-0.05, 0) is 68.8 Å². The number of esters is 1. The molecule has 1 aliphatic rings. The van der Waals surface area contributed by atoms with Gasteiger partial charge in [-0.25, -0.2) is 13.2 Å². The summed E-state index contributed by atoms with van der Waals surface area (Å²) in [5, 5.41) is 0. The van der Waals surface area contributed by atoms with Crippen molar-refractivity contribution in [1.29, 1.82) is 0 Å². The smallest absolute Gasteiger partial charge is 0.330 e. The van der Waals surface area contributed by atoms with Gasteiger partial charge in [0.1, 0.15) is 5.75 Å². The number of ether oxygens (including phenoxy) is 2. The zero-order chi connectivity index (χ0) is 27.4. The van der Waals surface area contributed by atoms with E-state index < -0.39 is 28.0 Å². The van der Waals surface area contributed by atoms with Crippen LogP contribution in [0.1, 0.15) is 46.3 Å². The number of hydrogen-bond acceptors (Lipinski definition) is 6. The predicted octanol–water partition coefficient (Wildman–Crippen LogP) is 5.37. The fourth-order valence-electron chi connectivity index (χ4n) is 4.70. The molecule has 38 heavy (non-hydrogen) atoms. The number of hydrogen-bond donors (Lipinski definition) is 0. The number of methoxy groups -OCH3 is 1. The molecular weight excluding hydrogens is 502 g/mol. The zero-order valence-electron chi connectivity index (χ0n) is 21.9. The van der Waals surface area contributed by atoms with E-state index >= 15 is 0 Å². The summed E-state index contributed by atoms with van der Waals surface area (Å²) in [6.45, 7) is 5.70. The minimum Gasteiger partial charge on any atom is -0.497 e. The Morgan fingerprint density at radius 1 is 0.947 bits per heavy atom. The molecule has 8 heteroatoms. The third-order valence-corrected chi connectivity index (χ3v) is 8.44. The summed E-state index contributed by atoms with van der Waals surface area (Å²) in [5.41, 5.74) is 3.59. The van der Waals surface area contributed by atoms with Crippen LogP contribution in [-0.4, -0.2) is 39.9 Å². The Morgan fingerprint density at radius 2 is 1.61 bits per heavy atom. The zero-order valence-corrected chi connectivity index (χ0v) is 22.7. The molecular formula is C30H31NO6S. The van der Waals surface area contributed by atoms with Crippen LogP contribution in [0.2, 0.25) is 0 Å². The lowest BCUT2D eigenvalue weighted by molar-refractivity contribution is -0.137. The molecule has 198 valence electrons. The minimum atomic E-state index is -4.03. The van der Waals surface area contributed by atoms with E-state index in [1.165, 1.54) is 16.5 Å². The molecule has 0 unspecified atom stereocenters. The monoisotopic (exact) mass is 533 g/mol. The number of anilines is 1. The Kier molecular flexibility index (Phi) is 8.02. The first-order chi connectivity index (χ1) is 18.1. The maximum absolute atomic E-state index is 14.0. The number of ketones is 1. The van der Waals surface area contributed by atoms with Crippen LogP contribution in [0.25, 0.3) is 0 Å². The van der Waals surface area contributed by atoms with Crippen LogP contribution in [-0.2, 0) is 19.6 Å². The number of benzene rings is 3. The molecule has 0 amide bonds. The van der Waals surface area contributed by atoms with Gasteiger partial charge in [-0.15, -0.1) is 0 Å². The van der Waals surface area contributed by atoms with E-state index in [0.717, 1.165) is 16.7 Å². The first-order valence-corrected chi connectivity index (χ1v) is 13.8. The second kappa shape index (κ2) is 11.2. The number of Topliss-reactive ketones (excluding diaryl/α,β-unsaturated/α-hetero) is 1. The molecule has 0 N–H and O–H groups in total. The average Bonchev–Trinajstić information content (AvgIpc) is 3.20. The Balaban J connectivity index is 1.82. The molecule has 0 aromatic heterocycles. The fraction of sp³-hybridized carbons (Fsp3) is 0.267. The van der Waals surface area contributed by atoms with Gasteiger partial charge in [0.05, 0.1) is 30.3 Å². The average molecular weight is 534 g/mol. The number of nitrogens with zero attached hydrogens (tertiary/aromatic N) is 1. The van der Waals surface area contributed by atoms with Gasteiger partial charge in [0.2, 0.25) is 0 Å². The second-order valence-electron chi connectivity index (χ2n) is 9.24. The van der Waals surface area contributed by atoms with Crippen LogP contribution in [0.15, 0.2) is 83.8 Å². The van der Waals surface area contributed by atoms with Crippen molar-refractivity contribution in [3.63, 3.8) is 0 Å². The Labute approximate surface area is 223 Å². The van der Waals surface area contributed by atoms with Gasteiger partial charge >= 0.3 is 5.97 Å². The van der Waals surface area contributed by atoms with Crippen molar-refractivity contribution < 1.29 is 27.5 Å². The van der Waals surface area contributed by atoms with Crippen molar-refractivity contribution in [2.45, 2.75) is 44.0 Å². The summed E-state index contributed by atoms with van der Waals surface area (Å²) in [7, 11) is -2.48. The number of sulfonamides is 1. The van der Waals surface area contributed by atoms with Crippen LogP contribution >= 0.6 is 0 Å². The molecule has 2 atom stereocenters. The van der Waals surface area contributed by atoms with Crippen molar-refractivity contribution in [3.8, 4) is 5.75 Å². The SMILES string of the molecule is CCOC(=O)/C=C/[C@H]1[C@H](CC(=O)c2ccc(OC)cc2)c2cc(C)ccc2N1S(=O)(=O)c1ccc(C)cc1. The molecule has 0 radical (unpaired) electrons. The second-order valence-corrected chi connectivity index (χ2v) is 11.1. The van der Waals surface area contributed by atoms with Gasteiger partial charge in [0.15, 0.2) is 5.78 Å². The third-order valence-electron chi connectivity index (χ3n) is 6.61. The molecule has 0 saturated heterocycles. The van der Waals surface area contributed by atoms with Crippen molar-refractivity contribution in [2.75, 3.05) is 18.0 Å². The molecule has 1 heterocycles. The summed E-state index contributed by atoms with van der Waals surface area (Å²) < 4.78 is 39.6. The number of fused-ring (bicyclic) bond motifs is 1. The lowest BCUT2D eigenvalue weighted by Crippen LogP contribution is -2.38. The van der Waals surface area contributed by atoms with Crippen LogP contribution in [0, 0.1) is 13.8 Å². The third kappa shape index (κ3) is 5.50. The number of carbonyl (C=O) groups is 2. The van der Waals surface area contributed by atoms with Gasteiger partial charge in [-0.1, -0.05) is 41.5 Å². The number of carbonyl (C=O) groups excluding carboxylic acids is 2. The van der Waals surface area contributed by atoms with E-state index in [1.807, 2.05) is 26.0 Å². The molecule has 0 spiro atoms. The van der Waals surface area contributed by atoms with E-state index in [-0.39, 0.29) is 23.7 Å². The van der Waals surface area contributed by atoms with E-state index in [1.54, 1.807) is 68.6 Å². The van der Waals surface area contributed by atoms with E-state index in [2.05, 4.69) is 0 Å². The molecule has 7 nitrogen and oxygen atoms in total. The molecule has 0 bridgehead atoms. The highest BCUT2D eigenvalue weighted by Gasteiger charge is 2.44. The Bertz CT molecular complexity index is 1460. The van der Waals surface area contributed by atoms with Crippen molar-refractivity contribution in [3.05, 3.63) is 101 Å². The van der Waals surface area contributed by atoms with Gasteiger partial charge in [-0.3, -0.25) is 9.10 Å². The first-order valence-electron chi connectivity index (χ1n) is 12.4. The normalized spacial score (nSPS) is 16.9. The fourth-order valence-corrected chi connectivity index (χ4v) is 6.37. The molecule has 1 aliphatic heterocycles. The highest BCUT2D eigenvalue weighted by Crippen LogP contribution is 2.47. The Hall–Kier alpha value is -3.91. The molecule has 0 fully saturated rings. The summed E-state index contributed by atoms with van der Waals surface area (Å²) in [5.74, 6) is -0.610. The van der Waals surface area contributed by atoms with Gasteiger partial charge in [0.25, 0.3) is 10.0 Å². The van der Waals surface area contributed by atoms with Crippen LogP contribution < -0.4 is 9.04 Å². The molecule has 0 saturated carbocycles. The number of aryl methyl sites for hydroxylation is 2. The van der Waals surface area contributed by atoms with Crippen LogP contribution in [0.5, 0.6) is 5.75 Å². The standard InChI is InChI=1S/C30H31NO6S/c1-5-37-30(33)17-16-28-26(19-29(32)22-9-11-23(36-4)12-10-22)25-18-21(3)8-15-27(25)31(28)38(34,35)24-13-6-20(2)7-14-24/h6-18,26,28H,5,19H2,1-4H3/b17-16+/t26-,28+/m1/s1. The van der Waals surface area contributed by atoms with Crippen molar-refractivity contribution >= 4 is 27.5 Å². The van der Waals surface area contributed by atoms with Crippen LogP contribution in [0.3, 0.4) is 0 Å². The summed E-state index contributed by atoms with van der Waals surface area (Å²) in [6, 6.07) is 18.1. The largest absolute Gasteiger partial charge is 0.497 e. The van der Waals surface area contributed by atoms with E-state index in [9.17, 15) is 18.0 Å². The lowest BCUT2D eigenvalue weighted by Gasteiger charge is -2.27. The van der Waals surface area contributed by atoms with Gasteiger partial charge < -0.3 is 9.47 Å². The minimum absolute atomic E-state index is 0.0422. The van der Waals surface area contributed by atoms with Crippen molar-refractivity contribution in [2.24, 2.45) is 0 Å². The topological polar surface area (TPSA) is 90.0 Å². The first kappa shape index (κ1) is 27.1. The Morgan fingerprint density at radius 3 is 2.24 bits per heavy atom. The maximum atomic E-state index is 14.0. The molecule has 3 aromatic rings. The molecule has 3 aromatic carbocycles. The van der Waals surface area contributed by atoms with E-state index in [4.69, 9.17) is 9.47 Å². The quantitative estimate of drug-likeness (QED) is 0.209. The van der Waals surface area contributed by atoms with E-state index in [0.29, 0.717) is 17.0 Å². The highest BCUT2D eigenvalue weighted by atomic mass is 32.2. The maximum Gasteiger partial charge on any atom is 0.330 e. The summed E-state index contributed by atoms with van der Waals surface area (Å²) in [4.78, 5) is 25.8. The molecule has 0 aliphatic carbocycles. The van der Waals surface area contributed by atoms with Gasteiger partial charge in [0, 0.05) is 24.0 Å². The summed E-state index contributed by atoms with van der Waals surface area (Å²) >= 11 is 0.